The van der Waals surface area contributed by atoms with Crippen molar-refractivity contribution < 1.29 is 27.9 Å². The van der Waals surface area contributed by atoms with E-state index in [4.69, 9.17) is 4.74 Å². The minimum Gasteiger partial charge on any atom is -0.376 e. The molecule has 0 radical (unpaired) electrons. The zero-order valence-corrected chi connectivity index (χ0v) is 16.0. The Kier molecular flexibility index (Phi) is 5.60. The van der Waals surface area contributed by atoms with E-state index in [9.17, 15) is 23.2 Å². The zero-order valence-electron chi connectivity index (χ0n) is 16.0. The second kappa shape index (κ2) is 8.16. The van der Waals surface area contributed by atoms with Gasteiger partial charge in [-0.2, -0.15) is 0 Å². The van der Waals surface area contributed by atoms with E-state index in [1.807, 2.05) is 0 Å². The van der Waals surface area contributed by atoms with Crippen molar-refractivity contribution in [2.75, 3.05) is 45.9 Å². The summed E-state index contributed by atoms with van der Waals surface area (Å²) in [7, 11) is 0. The molecule has 1 aromatic rings. The molecule has 0 N–H and O–H groups in total. The largest absolute Gasteiger partial charge is 0.376 e. The van der Waals surface area contributed by atoms with Crippen molar-refractivity contribution in [1.29, 1.82) is 0 Å². The monoisotopic (exact) mass is 407 g/mol. The van der Waals surface area contributed by atoms with Crippen LogP contribution >= 0.6 is 0 Å². The van der Waals surface area contributed by atoms with Crippen LogP contribution in [0.3, 0.4) is 0 Å². The van der Waals surface area contributed by atoms with Gasteiger partial charge in [-0.1, -0.05) is 0 Å². The molecule has 3 aliphatic rings. The summed E-state index contributed by atoms with van der Waals surface area (Å²) in [5, 5.41) is 0. The van der Waals surface area contributed by atoms with Crippen LogP contribution in [0.15, 0.2) is 18.2 Å². The fourth-order valence-electron chi connectivity index (χ4n) is 4.09. The van der Waals surface area contributed by atoms with Crippen molar-refractivity contribution in [2.24, 2.45) is 0 Å². The lowest BCUT2D eigenvalue weighted by atomic mass is 10.0. The number of halogens is 2. The molecule has 4 rings (SSSR count). The Morgan fingerprint density at radius 1 is 1.10 bits per heavy atom. The third-order valence-corrected chi connectivity index (χ3v) is 5.68. The highest BCUT2D eigenvalue weighted by Gasteiger charge is 2.38. The highest BCUT2D eigenvalue weighted by molar-refractivity contribution is 6.22. The van der Waals surface area contributed by atoms with Crippen LogP contribution in [0.4, 0.5) is 8.78 Å². The van der Waals surface area contributed by atoms with Crippen molar-refractivity contribution in [3.63, 3.8) is 0 Å². The van der Waals surface area contributed by atoms with Crippen LogP contribution in [0.25, 0.3) is 0 Å². The van der Waals surface area contributed by atoms with Gasteiger partial charge < -0.3 is 9.64 Å². The quantitative estimate of drug-likeness (QED) is 0.692. The maximum Gasteiger partial charge on any atom is 0.261 e. The van der Waals surface area contributed by atoms with Crippen LogP contribution < -0.4 is 0 Å². The second-order valence-electron chi connectivity index (χ2n) is 7.60. The number of amides is 3. The predicted molar refractivity (Wildman–Crippen MR) is 99.1 cm³/mol. The number of hydrogen-bond acceptors (Lipinski definition) is 5. The topological polar surface area (TPSA) is 70.2 Å². The molecule has 0 spiro atoms. The van der Waals surface area contributed by atoms with Crippen LogP contribution in [0.5, 0.6) is 0 Å². The lowest BCUT2D eigenvalue weighted by Crippen LogP contribution is -2.49. The van der Waals surface area contributed by atoms with E-state index in [1.165, 1.54) is 17.0 Å². The van der Waals surface area contributed by atoms with Crippen LogP contribution in [-0.4, -0.2) is 90.8 Å². The second-order valence-corrected chi connectivity index (χ2v) is 7.60. The third-order valence-electron chi connectivity index (χ3n) is 5.68. The van der Waals surface area contributed by atoms with E-state index < -0.39 is 12.3 Å². The highest BCUT2D eigenvalue weighted by Crippen LogP contribution is 2.26. The molecule has 2 fully saturated rings. The summed E-state index contributed by atoms with van der Waals surface area (Å²) < 4.78 is 30.5. The smallest absolute Gasteiger partial charge is 0.261 e. The Balaban J connectivity index is 1.44. The average molecular weight is 407 g/mol. The number of alkyl halides is 2. The van der Waals surface area contributed by atoms with E-state index in [1.54, 1.807) is 15.9 Å². The number of benzene rings is 1. The molecule has 9 heteroatoms. The van der Waals surface area contributed by atoms with E-state index in [2.05, 4.69) is 0 Å². The molecule has 1 unspecified atom stereocenters. The summed E-state index contributed by atoms with van der Waals surface area (Å²) in [5.74, 6) is -1.03. The SMILES string of the molecule is O=C(c1ccc2c(c1)C(=O)N(CC1CCCO1)C2=O)N1CCN(CC(F)F)CC1. The molecule has 3 heterocycles. The summed E-state index contributed by atoms with van der Waals surface area (Å²) in [4.78, 5) is 42.5. The van der Waals surface area contributed by atoms with Gasteiger partial charge in [0.05, 0.1) is 30.3 Å². The van der Waals surface area contributed by atoms with Gasteiger partial charge in [0.25, 0.3) is 24.1 Å². The Labute approximate surface area is 167 Å². The van der Waals surface area contributed by atoms with Crippen LogP contribution in [0, 0.1) is 0 Å². The summed E-state index contributed by atoms with van der Waals surface area (Å²) >= 11 is 0. The van der Waals surface area contributed by atoms with Crippen molar-refractivity contribution >= 4 is 17.7 Å². The Morgan fingerprint density at radius 2 is 1.83 bits per heavy atom. The highest BCUT2D eigenvalue weighted by atomic mass is 19.3. The number of imide groups is 1. The molecule has 3 aliphatic heterocycles. The first-order chi connectivity index (χ1) is 13.9. The van der Waals surface area contributed by atoms with Gasteiger partial charge in [-0.3, -0.25) is 24.2 Å². The number of ether oxygens (including phenoxy) is 1. The number of carbonyl (C=O) groups is 3. The minimum absolute atomic E-state index is 0.136. The molecule has 2 saturated heterocycles. The summed E-state index contributed by atoms with van der Waals surface area (Å²) in [5.41, 5.74) is 0.854. The van der Waals surface area contributed by atoms with Gasteiger partial charge in [0.1, 0.15) is 0 Å². The molecule has 29 heavy (non-hydrogen) atoms. The number of nitrogens with zero attached hydrogens (tertiary/aromatic N) is 3. The van der Waals surface area contributed by atoms with E-state index in [-0.39, 0.29) is 36.6 Å². The first kappa shape index (κ1) is 19.9. The zero-order chi connectivity index (χ0) is 20.5. The van der Waals surface area contributed by atoms with Crippen molar-refractivity contribution in [3.05, 3.63) is 34.9 Å². The molecule has 0 bridgehead atoms. The van der Waals surface area contributed by atoms with Gasteiger partial charge in [0.15, 0.2) is 0 Å². The molecule has 7 nitrogen and oxygen atoms in total. The van der Waals surface area contributed by atoms with Gasteiger partial charge >= 0.3 is 0 Å². The van der Waals surface area contributed by atoms with Crippen LogP contribution in [0.2, 0.25) is 0 Å². The van der Waals surface area contributed by atoms with Gasteiger partial charge in [0.2, 0.25) is 0 Å². The Bertz CT molecular complexity index is 818. The van der Waals surface area contributed by atoms with Crippen molar-refractivity contribution in [3.8, 4) is 0 Å². The molecular weight excluding hydrogens is 384 g/mol. The molecule has 0 aliphatic carbocycles. The standard InChI is InChI=1S/C20H23F2N3O4/c21-17(22)12-23-5-7-24(8-6-23)18(26)13-3-4-15-16(10-13)20(28)25(19(15)27)11-14-2-1-9-29-14/h3-4,10,14,17H,1-2,5-9,11-12H2. The first-order valence-electron chi connectivity index (χ1n) is 9.85. The normalized spacial score (nSPS) is 22.7. The molecule has 1 aromatic carbocycles. The molecule has 3 amide bonds. The van der Waals surface area contributed by atoms with Gasteiger partial charge in [0, 0.05) is 38.3 Å². The lowest BCUT2D eigenvalue weighted by Gasteiger charge is -2.34. The summed E-state index contributed by atoms with van der Waals surface area (Å²) in [6.45, 7) is 2.03. The number of carbonyl (C=O) groups excluding carboxylic acids is 3. The van der Waals surface area contributed by atoms with Crippen molar-refractivity contribution in [2.45, 2.75) is 25.4 Å². The third kappa shape index (κ3) is 4.02. The molecular formula is C20H23F2N3O4. The van der Waals surface area contributed by atoms with E-state index >= 15 is 0 Å². The maximum absolute atomic E-state index is 12.8. The minimum atomic E-state index is -2.39. The Morgan fingerprint density at radius 3 is 2.48 bits per heavy atom. The lowest BCUT2D eigenvalue weighted by molar-refractivity contribution is 0.0457. The number of rotatable bonds is 5. The molecule has 0 aromatic heterocycles. The number of piperazine rings is 1. The van der Waals surface area contributed by atoms with Crippen LogP contribution in [0.1, 0.15) is 43.9 Å². The number of fused-ring (bicyclic) bond motifs is 1. The Hall–Kier alpha value is -2.39. The molecule has 1 atom stereocenters. The average Bonchev–Trinajstić information content (AvgIpc) is 3.30. The maximum atomic E-state index is 12.8. The predicted octanol–water partition coefficient (Wildman–Crippen LogP) is 1.48. The van der Waals surface area contributed by atoms with Crippen molar-refractivity contribution in [1.82, 2.24) is 14.7 Å². The molecule has 156 valence electrons. The first-order valence-corrected chi connectivity index (χ1v) is 9.85. The van der Waals surface area contributed by atoms with E-state index in [0.717, 1.165) is 12.8 Å². The molecule has 0 saturated carbocycles. The summed E-state index contributed by atoms with van der Waals surface area (Å²) in [6, 6.07) is 4.54. The number of hydrogen-bond donors (Lipinski definition) is 0. The fourth-order valence-corrected chi connectivity index (χ4v) is 4.09. The van der Waals surface area contributed by atoms with Gasteiger partial charge in [-0.25, -0.2) is 8.78 Å². The van der Waals surface area contributed by atoms with Gasteiger partial charge in [-0.05, 0) is 31.0 Å². The fraction of sp³-hybridized carbons (Fsp3) is 0.550. The summed E-state index contributed by atoms with van der Waals surface area (Å²) in [6.07, 6.45) is -0.802. The van der Waals surface area contributed by atoms with Crippen LogP contribution in [-0.2, 0) is 4.74 Å². The van der Waals surface area contributed by atoms with E-state index in [0.29, 0.717) is 43.9 Å². The van der Waals surface area contributed by atoms with Gasteiger partial charge in [-0.15, -0.1) is 0 Å².